The van der Waals surface area contributed by atoms with Gasteiger partial charge in [0, 0.05) is 0 Å². The Hall–Kier alpha value is -1.34. The Bertz CT molecular complexity index is 482. The van der Waals surface area contributed by atoms with Gasteiger partial charge in [0.25, 0.3) is 0 Å². The molecule has 0 saturated carbocycles. The SMILES string of the molecule is CC(C)C(C)OCc1cccc2ccccc12. The fourth-order valence-electron chi connectivity index (χ4n) is 1.83. The molecule has 0 aromatic heterocycles. The molecule has 2 aromatic carbocycles. The maximum absolute atomic E-state index is 5.90. The first-order valence-electron chi connectivity index (χ1n) is 6.26. The summed E-state index contributed by atoms with van der Waals surface area (Å²) in [5.74, 6) is 0.560. The largest absolute Gasteiger partial charge is 0.374 e. The Kier molecular flexibility index (Phi) is 3.80. The van der Waals surface area contributed by atoms with Gasteiger partial charge in [-0.1, -0.05) is 56.3 Å². The lowest BCUT2D eigenvalue weighted by atomic mass is 10.0. The number of hydrogen-bond donors (Lipinski definition) is 0. The topological polar surface area (TPSA) is 9.23 Å². The molecule has 1 atom stereocenters. The van der Waals surface area contributed by atoms with E-state index in [1.165, 1.54) is 16.3 Å². The molecule has 0 spiro atoms. The second-order valence-corrected chi connectivity index (χ2v) is 4.90. The highest BCUT2D eigenvalue weighted by Crippen LogP contribution is 2.20. The molecule has 0 aliphatic rings. The summed E-state index contributed by atoms with van der Waals surface area (Å²) in [6, 6.07) is 14.8. The van der Waals surface area contributed by atoms with E-state index in [1.54, 1.807) is 0 Å². The third kappa shape index (κ3) is 2.86. The van der Waals surface area contributed by atoms with Gasteiger partial charge >= 0.3 is 0 Å². The lowest BCUT2D eigenvalue weighted by Crippen LogP contribution is -2.15. The smallest absolute Gasteiger partial charge is 0.0726 e. The van der Waals surface area contributed by atoms with Crippen molar-refractivity contribution in [1.82, 2.24) is 0 Å². The van der Waals surface area contributed by atoms with Gasteiger partial charge < -0.3 is 4.74 Å². The van der Waals surface area contributed by atoms with Crippen LogP contribution in [-0.4, -0.2) is 6.10 Å². The maximum Gasteiger partial charge on any atom is 0.0726 e. The fraction of sp³-hybridized carbons (Fsp3) is 0.375. The molecule has 2 aromatic rings. The molecule has 0 aliphatic heterocycles. The Morgan fingerprint density at radius 2 is 1.65 bits per heavy atom. The van der Waals surface area contributed by atoms with Crippen molar-refractivity contribution in [3.63, 3.8) is 0 Å². The highest BCUT2D eigenvalue weighted by molar-refractivity contribution is 5.85. The predicted octanol–water partition coefficient (Wildman–Crippen LogP) is 4.40. The minimum absolute atomic E-state index is 0.300. The van der Waals surface area contributed by atoms with Crippen LogP contribution in [0, 0.1) is 5.92 Å². The summed E-state index contributed by atoms with van der Waals surface area (Å²) >= 11 is 0. The third-order valence-corrected chi connectivity index (χ3v) is 3.32. The summed E-state index contributed by atoms with van der Waals surface area (Å²) in [5, 5.41) is 2.58. The molecule has 0 fully saturated rings. The summed E-state index contributed by atoms with van der Waals surface area (Å²) in [6.07, 6.45) is 0.300. The van der Waals surface area contributed by atoms with Crippen LogP contribution in [-0.2, 0) is 11.3 Å². The number of ether oxygens (including phenoxy) is 1. The highest BCUT2D eigenvalue weighted by atomic mass is 16.5. The van der Waals surface area contributed by atoms with E-state index in [0.717, 1.165) is 0 Å². The van der Waals surface area contributed by atoms with Gasteiger partial charge in [0.1, 0.15) is 0 Å². The number of rotatable bonds is 4. The van der Waals surface area contributed by atoms with Crippen LogP contribution in [0.15, 0.2) is 42.5 Å². The summed E-state index contributed by atoms with van der Waals surface area (Å²) in [6.45, 7) is 7.21. The van der Waals surface area contributed by atoms with Crippen molar-refractivity contribution < 1.29 is 4.74 Å². The van der Waals surface area contributed by atoms with Crippen LogP contribution in [0.5, 0.6) is 0 Å². The number of fused-ring (bicyclic) bond motifs is 1. The van der Waals surface area contributed by atoms with E-state index in [2.05, 4.69) is 63.2 Å². The first-order valence-corrected chi connectivity index (χ1v) is 6.26. The van der Waals surface area contributed by atoms with E-state index < -0.39 is 0 Å². The van der Waals surface area contributed by atoms with Crippen molar-refractivity contribution >= 4 is 10.8 Å². The zero-order chi connectivity index (χ0) is 12.3. The van der Waals surface area contributed by atoms with Crippen molar-refractivity contribution in [3.8, 4) is 0 Å². The zero-order valence-electron chi connectivity index (χ0n) is 10.8. The average Bonchev–Trinajstić information content (AvgIpc) is 2.35. The summed E-state index contributed by atoms with van der Waals surface area (Å²) in [7, 11) is 0. The van der Waals surface area contributed by atoms with E-state index in [0.29, 0.717) is 18.6 Å². The van der Waals surface area contributed by atoms with Crippen LogP contribution in [0.2, 0.25) is 0 Å². The molecule has 0 bridgehead atoms. The van der Waals surface area contributed by atoms with Crippen molar-refractivity contribution in [3.05, 3.63) is 48.0 Å². The van der Waals surface area contributed by atoms with Crippen LogP contribution in [0.3, 0.4) is 0 Å². The predicted molar refractivity (Wildman–Crippen MR) is 73.0 cm³/mol. The van der Waals surface area contributed by atoms with Crippen LogP contribution in [0.1, 0.15) is 26.3 Å². The van der Waals surface area contributed by atoms with Gasteiger partial charge in [-0.3, -0.25) is 0 Å². The molecule has 1 nitrogen and oxygen atoms in total. The minimum atomic E-state index is 0.300. The van der Waals surface area contributed by atoms with E-state index in [1.807, 2.05) is 0 Å². The van der Waals surface area contributed by atoms with Crippen molar-refractivity contribution in [1.29, 1.82) is 0 Å². The molecule has 0 amide bonds. The minimum Gasteiger partial charge on any atom is -0.374 e. The maximum atomic E-state index is 5.90. The molecule has 0 heterocycles. The third-order valence-electron chi connectivity index (χ3n) is 3.32. The monoisotopic (exact) mass is 228 g/mol. The highest BCUT2D eigenvalue weighted by Gasteiger charge is 2.08. The molecule has 0 radical (unpaired) electrons. The second-order valence-electron chi connectivity index (χ2n) is 4.90. The molecule has 1 unspecified atom stereocenters. The first kappa shape index (κ1) is 12.1. The van der Waals surface area contributed by atoms with Crippen molar-refractivity contribution in [2.75, 3.05) is 0 Å². The summed E-state index contributed by atoms with van der Waals surface area (Å²) in [5.41, 5.74) is 1.27. The average molecular weight is 228 g/mol. The Balaban J connectivity index is 2.19. The van der Waals surface area contributed by atoms with Gasteiger partial charge in [-0.05, 0) is 29.2 Å². The molecule has 1 heteroatoms. The fourth-order valence-corrected chi connectivity index (χ4v) is 1.83. The Morgan fingerprint density at radius 3 is 2.41 bits per heavy atom. The van der Waals surface area contributed by atoms with E-state index in [-0.39, 0.29) is 0 Å². The van der Waals surface area contributed by atoms with Gasteiger partial charge in [-0.15, -0.1) is 0 Å². The lowest BCUT2D eigenvalue weighted by Gasteiger charge is -2.17. The quantitative estimate of drug-likeness (QED) is 0.753. The molecular formula is C16H20O. The van der Waals surface area contributed by atoms with Gasteiger partial charge in [-0.25, -0.2) is 0 Å². The summed E-state index contributed by atoms with van der Waals surface area (Å²) < 4.78 is 5.90. The van der Waals surface area contributed by atoms with Gasteiger partial charge in [-0.2, -0.15) is 0 Å². The normalized spacial score (nSPS) is 13.2. The molecule has 0 aliphatic carbocycles. The lowest BCUT2D eigenvalue weighted by molar-refractivity contribution is 0.0241. The number of hydrogen-bond acceptors (Lipinski definition) is 1. The van der Waals surface area contributed by atoms with Crippen LogP contribution >= 0.6 is 0 Å². The Morgan fingerprint density at radius 1 is 0.941 bits per heavy atom. The van der Waals surface area contributed by atoms with Crippen molar-refractivity contribution in [2.45, 2.75) is 33.5 Å². The molecule has 17 heavy (non-hydrogen) atoms. The summed E-state index contributed by atoms with van der Waals surface area (Å²) in [4.78, 5) is 0. The van der Waals surface area contributed by atoms with E-state index in [9.17, 15) is 0 Å². The van der Waals surface area contributed by atoms with Gasteiger partial charge in [0.05, 0.1) is 12.7 Å². The molecule has 0 saturated heterocycles. The van der Waals surface area contributed by atoms with Crippen molar-refractivity contribution in [2.24, 2.45) is 5.92 Å². The molecule has 2 rings (SSSR count). The number of benzene rings is 2. The van der Waals surface area contributed by atoms with E-state index >= 15 is 0 Å². The van der Waals surface area contributed by atoms with Crippen LogP contribution < -0.4 is 0 Å². The van der Waals surface area contributed by atoms with Crippen LogP contribution in [0.25, 0.3) is 10.8 Å². The molecular weight excluding hydrogens is 208 g/mol. The molecule has 0 N–H and O–H groups in total. The zero-order valence-corrected chi connectivity index (χ0v) is 10.8. The molecule has 90 valence electrons. The van der Waals surface area contributed by atoms with Crippen LogP contribution in [0.4, 0.5) is 0 Å². The standard InChI is InChI=1S/C16H20O/c1-12(2)13(3)17-11-15-9-6-8-14-7-4-5-10-16(14)15/h4-10,12-13H,11H2,1-3H3. The first-order chi connectivity index (χ1) is 8.18. The van der Waals surface area contributed by atoms with E-state index in [4.69, 9.17) is 4.74 Å². The second kappa shape index (κ2) is 5.33. The Labute approximate surface area is 103 Å². The van der Waals surface area contributed by atoms with Gasteiger partial charge in [0.15, 0.2) is 0 Å². The van der Waals surface area contributed by atoms with Gasteiger partial charge in [0.2, 0.25) is 0 Å².